The van der Waals surface area contributed by atoms with Gasteiger partial charge >= 0.3 is 7.12 Å². The predicted molar refractivity (Wildman–Crippen MR) is 91.2 cm³/mol. The third-order valence-electron chi connectivity index (χ3n) is 3.54. The summed E-state index contributed by atoms with van der Waals surface area (Å²) in [6, 6.07) is 11.5. The topological polar surface area (TPSA) is 102 Å². The molecule has 2 aromatic rings. The molecule has 1 heterocycles. The summed E-state index contributed by atoms with van der Waals surface area (Å²) in [4.78, 5) is 0.148. The van der Waals surface area contributed by atoms with E-state index in [2.05, 4.69) is 4.72 Å². The van der Waals surface area contributed by atoms with E-state index in [1.54, 1.807) is 36.4 Å². The SMILES string of the molecule is Cl.NCc1ccccc1S(=O)(=O)Nc1ccc2c(c1)B(O)OC2. The largest absolute Gasteiger partial charge is 0.491 e. The lowest BCUT2D eigenvalue weighted by atomic mass is 9.79. The van der Waals surface area contributed by atoms with Crippen LogP contribution >= 0.6 is 12.4 Å². The number of rotatable bonds is 4. The summed E-state index contributed by atoms with van der Waals surface area (Å²) in [5, 5.41) is 9.69. The Labute approximate surface area is 141 Å². The molecule has 2 aromatic carbocycles. The molecule has 23 heavy (non-hydrogen) atoms. The number of fused-ring (bicyclic) bond motifs is 1. The maximum Gasteiger partial charge on any atom is 0.491 e. The molecule has 1 aliphatic rings. The van der Waals surface area contributed by atoms with E-state index >= 15 is 0 Å². The molecule has 0 unspecified atom stereocenters. The van der Waals surface area contributed by atoms with Crippen LogP contribution in [0.5, 0.6) is 0 Å². The van der Waals surface area contributed by atoms with Crippen molar-refractivity contribution in [3.8, 4) is 0 Å². The molecule has 0 saturated heterocycles. The van der Waals surface area contributed by atoms with E-state index in [4.69, 9.17) is 10.4 Å². The molecule has 0 fully saturated rings. The Morgan fingerprint density at radius 1 is 1.26 bits per heavy atom. The van der Waals surface area contributed by atoms with Gasteiger partial charge in [0.15, 0.2) is 0 Å². The Bertz CT molecular complexity index is 816. The van der Waals surface area contributed by atoms with Crippen molar-refractivity contribution in [1.29, 1.82) is 0 Å². The Morgan fingerprint density at radius 3 is 2.74 bits per heavy atom. The fourth-order valence-electron chi connectivity index (χ4n) is 2.42. The molecule has 9 heteroatoms. The summed E-state index contributed by atoms with van der Waals surface area (Å²) in [6.07, 6.45) is 0. The molecule has 6 nitrogen and oxygen atoms in total. The fraction of sp³-hybridized carbons (Fsp3) is 0.143. The minimum Gasteiger partial charge on any atom is -0.423 e. The molecule has 0 amide bonds. The molecule has 0 bridgehead atoms. The van der Waals surface area contributed by atoms with Gasteiger partial charge in [0.25, 0.3) is 10.0 Å². The highest BCUT2D eigenvalue weighted by Gasteiger charge is 2.28. The minimum absolute atomic E-state index is 0. The third kappa shape index (κ3) is 3.51. The molecule has 0 aromatic heterocycles. The van der Waals surface area contributed by atoms with Gasteiger partial charge in [-0.15, -0.1) is 12.4 Å². The monoisotopic (exact) mass is 354 g/mol. The lowest BCUT2D eigenvalue weighted by Gasteiger charge is -2.12. The molecule has 4 N–H and O–H groups in total. The van der Waals surface area contributed by atoms with Gasteiger partial charge in [-0.3, -0.25) is 4.72 Å². The summed E-state index contributed by atoms with van der Waals surface area (Å²) >= 11 is 0. The molecule has 0 saturated carbocycles. The maximum atomic E-state index is 12.5. The first kappa shape index (κ1) is 17.8. The zero-order chi connectivity index (χ0) is 15.7. The number of hydrogen-bond acceptors (Lipinski definition) is 5. The maximum absolute atomic E-state index is 12.5. The van der Waals surface area contributed by atoms with Crippen LogP contribution in [-0.2, 0) is 27.8 Å². The van der Waals surface area contributed by atoms with Gasteiger partial charge in [0, 0.05) is 12.2 Å². The zero-order valence-corrected chi connectivity index (χ0v) is 13.7. The third-order valence-corrected chi connectivity index (χ3v) is 5.02. The van der Waals surface area contributed by atoms with Crippen molar-refractivity contribution in [2.75, 3.05) is 4.72 Å². The van der Waals surface area contributed by atoms with Crippen molar-refractivity contribution >= 4 is 40.7 Å². The van der Waals surface area contributed by atoms with E-state index in [-0.39, 0.29) is 23.8 Å². The second-order valence-corrected chi connectivity index (χ2v) is 6.65. The molecule has 0 spiro atoms. The van der Waals surface area contributed by atoms with Gasteiger partial charge in [-0.1, -0.05) is 24.3 Å². The van der Waals surface area contributed by atoms with Gasteiger partial charge in [-0.2, -0.15) is 0 Å². The van der Waals surface area contributed by atoms with E-state index in [1.165, 1.54) is 6.07 Å². The number of benzene rings is 2. The predicted octanol–water partition coefficient (Wildman–Crippen LogP) is 0.586. The van der Waals surface area contributed by atoms with Crippen LogP contribution in [0.1, 0.15) is 11.1 Å². The van der Waals surface area contributed by atoms with Crippen LogP contribution < -0.4 is 15.9 Å². The van der Waals surface area contributed by atoms with Gasteiger partial charge in [0.1, 0.15) is 0 Å². The number of anilines is 1. The van der Waals surface area contributed by atoms with Crippen molar-refractivity contribution in [2.24, 2.45) is 5.73 Å². The van der Waals surface area contributed by atoms with Crippen molar-refractivity contribution < 1.29 is 18.1 Å². The molecule has 0 atom stereocenters. The number of halogens is 1. The van der Waals surface area contributed by atoms with Crippen molar-refractivity contribution in [3.63, 3.8) is 0 Å². The van der Waals surface area contributed by atoms with E-state index in [0.29, 0.717) is 23.3 Å². The summed E-state index contributed by atoms with van der Waals surface area (Å²) in [5.74, 6) is 0. The minimum atomic E-state index is -3.74. The first-order valence-electron chi connectivity index (χ1n) is 6.74. The molecule has 0 radical (unpaired) electrons. The van der Waals surface area contributed by atoms with E-state index < -0.39 is 17.1 Å². The van der Waals surface area contributed by atoms with Crippen LogP contribution in [0, 0.1) is 0 Å². The highest BCUT2D eigenvalue weighted by atomic mass is 35.5. The van der Waals surface area contributed by atoms with Gasteiger partial charge in [-0.25, -0.2) is 8.42 Å². The number of nitrogens with one attached hydrogen (secondary N) is 1. The number of sulfonamides is 1. The van der Waals surface area contributed by atoms with Gasteiger partial charge in [0.2, 0.25) is 0 Å². The summed E-state index contributed by atoms with van der Waals surface area (Å²) in [5.41, 5.74) is 7.92. The first-order chi connectivity index (χ1) is 10.5. The molecule has 3 rings (SSSR count). The lowest BCUT2D eigenvalue weighted by Crippen LogP contribution is -2.28. The summed E-state index contributed by atoms with van der Waals surface area (Å²) in [6.45, 7) is 0.452. The fourth-order valence-corrected chi connectivity index (χ4v) is 3.72. The van der Waals surface area contributed by atoms with E-state index in [0.717, 1.165) is 5.56 Å². The number of nitrogens with two attached hydrogens (primary N) is 1. The average molecular weight is 355 g/mol. The Kier molecular flexibility index (Phi) is 5.33. The Morgan fingerprint density at radius 2 is 2.00 bits per heavy atom. The number of hydrogen-bond donors (Lipinski definition) is 3. The first-order valence-corrected chi connectivity index (χ1v) is 8.23. The highest BCUT2D eigenvalue weighted by molar-refractivity contribution is 7.92. The van der Waals surface area contributed by atoms with Crippen LogP contribution in [-0.4, -0.2) is 20.6 Å². The van der Waals surface area contributed by atoms with Crippen LogP contribution in [0.2, 0.25) is 0 Å². The van der Waals surface area contributed by atoms with Crippen LogP contribution in [0.3, 0.4) is 0 Å². The Hall–Kier alpha value is -1.58. The molecular formula is C14H16BClN2O4S. The van der Waals surface area contributed by atoms with Crippen LogP contribution in [0.25, 0.3) is 0 Å². The second kappa shape index (κ2) is 6.90. The summed E-state index contributed by atoms with van der Waals surface area (Å²) < 4.78 is 32.6. The van der Waals surface area contributed by atoms with Gasteiger partial charge in [0.05, 0.1) is 11.5 Å². The normalized spacial score (nSPS) is 13.4. The van der Waals surface area contributed by atoms with Crippen LogP contribution in [0.15, 0.2) is 47.4 Å². The quantitative estimate of drug-likeness (QED) is 0.697. The van der Waals surface area contributed by atoms with E-state index in [1.807, 2.05) is 0 Å². The van der Waals surface area contributed by atoms with Crippen LogP contribution in [0.4, 0.5) is 5.69 Å². The van der Waals surface area contributed by atoms with Crippen molar-refractivity contribution in [1.82, 2.24) is 0 Å². The molecule has 1 aliphatic heterocycles. The van der Waals surface area contributed by atoms with Gasteiger partial charge < -0.3 is 15.4 Å². The van der Waals surface area contributed by atoms with Gasteiger partial charge in [-0.05, 0) is 34.8 Å². The Balaban J connectivity index is 0.00000192. The van der Waals surface area contributed by atoms with Crippen molar-refractivity contribution in [2.45, 2.75) is 18.0 Å². The smallest absolute Gasteiger partial charge is 0.423 e. The second-order valence-electron chi connectivity index (χ2n) is 4.99. The lowest BCUT2D eigenvalue weighted by molar-refractivity contribution is 0.275. The summed E-state index contributed by atoms with van der Waals surface area (Å²) in [7, 11) is -4.76. The molecule has 0 aliphatic carbocycles. The van der Waals surface area contributed by atoms with E-state index in [9.17, 15) is 13.4 Å². The zero-order valence-electron chi connectivity index (χ0n) is 12.1. The average Bonchev–Trinajstić information content (AvgIpc) is 2.88. The van der Waals surface area contributed by atoms with Crippen molar-refractivity contribution in [3.05, 3.63) is 53.6 Å². The molecular weight excluding hydrogens is 338 g/mol. The highest BCUT2D eigenvalue weighted by Crippen LogP contribution is 2.20. The molecule has 122 valence electrons. The standard InChI is InChI=1S/C14H15BN2O4S.ClH/c16-8-10-3-1-2-4-14(10)22(19,20)17-12-6-5-11-9-21-15(18)13(11)7-12;/h1-7,17-18H,8-9,16H2;1H.